The second kappa shape index (κ2) is 5.80. The molecule has 0 saturated heterocycles. The maximum atomic E-state index is 11.3. The van der Waals surface area contributed by atoms with Gasteiger partial charge in [0.05, 0.1) is 0 Å². The van der Waals surface area contributed by atoms with Crippen molar-refractivity contribution in [2.75, 3.05) is 0 Å². The third kappa shape index (κ3) is 5.01. The van der Waals surface area contributed by atoms with Gasteiger partial charge in [-0.3, -0.25) is 9.59 Å². The van der Waals surface area contributed by atoms with Crippen LogP contribution in [0.2, 0.25) is 0 Å². The lowest BCUT2D eigenvalue weighted by Gasteiger charge is -2.16. The molecule has 80 valence electrons. The molecule has 0 radical (unpaired) electrons. The Hall–Kier alpha value is -0.840. The molecule has 5 heteroatoms. The highest BCUT2D eigenvalue weighted by molar-refractivity contribution is 9.11. The highest BCUT2D eigenvalue weighted by Crippen LogP contribution is 2.10. The Morgan fingerprint density at radius 2 is 2.00 bits per heavy atom. The zero-order valence-corrected chi connectivity index (χ0v) is 9.93. The number of carbonyl (C=O) groups is 2. The molecule has 0 rings (SSSR count). The first-order valence-corrected chi connectivity index (χ1v) is 5.06. The Kier molecular flexibility index (Phi) is 5.45. The summed E-state index contributed by atoms with van der Waals surface area (Å²) in [5.74, 6) is -0.914. The summed E-state index contributed by atoms with van der Waals surface area (Å²) in [4.78, 5) is 22.2. The Bertz CT molecular complexity index is 251. The largest absolute Gasteiger partial charge is 0.368 e. The van der Waals surface area contributed by atoms with Gasteiger partial charge in [-0.15, -0.1) is 0 Å². The number of hydrogen-bond donors (Lipinski definition) is 2. The number of nitrogens with one attached hydrogen (secondary N) is 1. The van der Waals surface area contributed by atoms with Gasteiger partial charge in [-0.25, -0.2) is 0 Å². The zero-order chi connectivity index (χ0) is 11.3. The Labute approximate surface area is 92.0 Å². The number of hydrogen-bond acceptors (Lipinski definition) is 2. The predicted molar refractivity (Wildman–Crippen MR) is 58.6 cm³/mol. The second-order valence-electron chi connectivity index (χ2n) is 3.34. The van der Waals surface area contributed by atoms with Gasteiger partial charge in [-0.2, -0.15) is 0 Å². The lowest BCUT2D eigenvalue weighted by molar-refractivity contribution is -0.129. The van der Waals surface area contributed by atoms with E-state index in [9.17, 15) is 9.59 Å². The molecule has 1 atom stereocenters. The Morgan fingerprint density at radius 1 is 1.50 bits per heavy atom. The average molecular weight is 263 g/mol. The summed E-state index contributed by atoms with van der Waals surface area (Å²) in [5, 5.41) is 2.54. The van der Waals surface area contributed by atoms with E-state index in [4.69, 9.17) is 5.73 Å². The van der Waals surface area contributed by atoms with Crippen LogP contribution in [0.5, 0.6) is 0 Å². The SMILES string of the molecule is C=C(Br)C[C@@H](NC(=O)C(C)C)C(N)=O. The van der Waals surface area contributed by atoms with Crippen LogP contribution in [0, 0.1) is 5.92 Å². The van der Waals surface area contributed by atoms with Crippen molar-refractivity contribution in [2.45, 2.75) is 26.3 Å². The second-order valence-corrected chi connectivity index (χ2v) is 4.46. The molecule has 0 bridgehead atoms. The molecular weight excluding hydrogens is 248 g/mol. The number of nitrogens with two attached hydrogens (primary N) is 1. The molecule has 0 saturated carbocycles. The summed E-state index contributed by atoms with van der Waals surface area (Å²) in [7, 11) is 0. The van der Waals surface area contributed by atoms with Crippen LogP contribution in [0.1, 0.15) is 20.3 Å². The van der Waals surface area contributed by atoms with E-state index < -0.39 is 11.9 Å². The van der Waals surface area contributed by atoms with Crippen LogP contribution in [0.4, 0.5) is 0 Å². The minimum absolute atomic E-state index is 0.166. The van der Waals surface area contributed by atoms with Gasteiger partial charge < -0.3 is 11.1 Å². The Morgan fingerprint density at radius 3 is 2.29 bits per heavy atom. The molecule has 0 aromatic heterocycles. The van der Waals surface area contributed by atoms with Gasteiger partial charge in [-0.1, -0.05) is 36.4 Å². The molecule has 0 aliphatic carbocycles. The van der Waals surface area contributed by atoms with Crippen LogP contribution < -0.4 is 11.1 Å². The topological polar surface area (TPSA) is 72.2 Å². The smallest absolute Gasteiger partial charge is 0.240 e. The lowest BCUT2D eigenvalue weighted by atomic mass is 10.1. The summed E-state index contributed by atoms with van der Waals surface area (Å²) in [6.07, 6.45) is 0.313. The fourth-order valence-electron chi connectivity index (χ4n) is 0.783. The van der Waals surface area contributed by atoms with E-state index in [-0.39, 0.29) is 11.8 Å². The Balaban J connectivity index is 4.31. The normalized spacial score (nSPS) is 12.3. The monoisotopic (exact) mass is 262 g/mol. The first-order valence-electron chi connectivity index (χ1n) is 4.27. The number of rotatable bonds is 5. The summed E-state index contributed by atoms with van der Waals surface area (Å²) in [5.41, 5.74) is 5.12. The molecule has 0 heterocycles. The minimum Gasteiger partial charge on any atom is -0.368 e. The van der Waals surface area contributed by atoms with Crippen LogP contribution in [0.15, 0.2) is 11.1 Å². The molecule has 14 heavy (non-hydrogen) atoms. The van der Waals surface area contributed by atoms with Crippen LogP contribution in [-0.4, -0.2) is 17.9 Å². The fourth-order valence-corrected chi connectivity index (χ4v) is 1.11. The quantitative estimate of drug-likeness (QED) is 0.773. The van der Waals surface area contributed by atoms with Gasteiger partial charge >= 0.3 is 0 Å². The molecule has 0 fully saturated rings. The van der Waals surface area contributed by atoms with Crippen molar-refractivity contribution in [3.8, 4) is 0 Å². The zero-order valence-electron chi connectivity index (χ0n) is 8.34. The van der Waals surface area contributed by atoms with E-state index in [1.54, 1.807) is 13.8 Å². The summed E-state index contributed by atoms with van der Waals surface area (Å²) >= 11 is 3.12. The molecule has 2 amide bonds. The van der Waals surface area contributed by atoms with Gasteiger partial charge in [-0.05, 0) is 4.48 Å². The van der Waals surface area contributed by atoms with Gasteiger partial charge in [0, 0.05) is 12.3 Å². The number of amides is 2. The van der Waals surface area contributed by atoms with Crippen molar-refractivity contribution in [2.24, 2.45) is 11.7 Å². The predicted octanol–water partition coefficient (Wildman–Crippen LogP) is 0.911. The van der Waals surface area contributed by atoms with Crippen LogP contribution in [-0.2, 0) is 9.59 Å². The molecule has 4 nitrogen and oxygen atoms in total. The van der Waals surface area contributed by atoms with Gasteiger partial charge in [0.15, 0.2) is 0 Å². The number of primary amides is 1. The molecule has 0 aromatic rings. The summed E-state index contributed by atoms with van der Waals surface area (Å²) in [6.45, 7) is 7.08. The molecule has 0 spiro atoms. The van der Waals surface area contributed by atoms with Crippen molar-refractivity contribution in [3.63, 3.8) is 0 Å². The molecule has 0 aliphatic rings. The van der Waals surface area contributed by atoms with E-state index in [0.29, 0.717) is 10.9 Å². The maximum Gasteiger partial charge on any atom is 0.240 e. The minimum atomic E-state index is -0.684. The van der Waals surface area contributed by atoms with E-state index in [1.807, 2.05) is 0 Å². The van der Waals surface area contributed by atoms with Crippen molar-refractivity contribution in [1.29, 1.82) is 0 Å². The van der Waals surface area contributed by atoms with Crippen molar-refractivity contribution in [1.82, 2.24) is 5.32 Å². The van der Waals surface area contributed by atoms with Crippen molar-refractivity contribution >= 4 is 27.7 Å². The molecule has 0 unspecified atom stereocenters. The number of carbonyl (C=O) groups excluding carboxylic acids is 2. The number of halogens is 1. The third-order valence-corrected chi connectivity index (χ3v) is 1.93. The van der Waals surface area contributed by atoms with Crippen molar-refractivity contribution < 1.29 is 9.59 Å². The summed E-state index contributed by atoms with van der Waals surface area (Å²) in [6, 6.07) is -0.684. The molecule has 0 aliphatic heterocycles. The third-order valence-electron chi connectivity index (χ3n) is 1.61. The van der Waals surface area contributed by atoms with Crippen molar-refractivity contribution in [3.05, 3.63) is 11.1 Å². The standard InChI is InChI=1S/C9H15BrN2O2/c1-5(2)9(14)12-7(8(11)13)4-6(3)10/h5,7H,3-4H2,1-2H3,(H2,11,13)(H,12,14)/t7-/m1/s1. The van der Waals surface area contributed by atoms with Crippen LogP contribution in [0.25, 0.3) is 0 Å². The first kappa shape index (κ1) is 13.2. The van der Waals surface area contributed by atoms with E-state index in [1.165, 1.54) is 0 Å². The van der Waals surface area contributed by atoms with Gasteiger partial charge in [0.2, 0.25) is 11.8 Å². The fraction of sp³-hybridized carbons (Fsp3) is 0.556. The van der Waals surface area contributed by atoms with Crippen LogP contribution in [0.3, 0.4) is 0 Å². The highest BCUT2D eigenvalue weighted by Gasteiger charge is 2.19. The first-order chi connectivity index (χ1) is 6.34. The highest BCUT2D eigenvalue weighted by atomic mass is 79.9. The maximum absolute atomic E-state index is 11.3. The summed E-state index contributed by atoms with van der Waals surface area (Å²) < 4.78 is 0.630. The van der Waals surface area contributed by atoms with Gasteiger partial charge in [0.25, 0.3) is 0 Å². The lowest BCUT2D eigenvalue weighted by Crippen LogP contribution is -2.45. The van der Waals surface area contributed by atoms with E-state index in [2.05, 4.69) is 27.8 Å². The average Bonchev–Trinajstić information content (AvgIpc) is 2.01. The van der Waals surface area contributed by atoms with E-state index in [0.717, 1.165) is 0 Å². The molecular formula is C9H15BrN2O2. The van der Waals surface area contributed by atoms with Gasteiger partial charge in [0.1, 0.15) is 6.04 Å². The molecule has 0 aromatic carbocycles. The van der Waals surface area contributed by atoms with Crippen LogP contribution >= 0.6 is 15.9 Å². The van der Waals surface area contributed by atoms with E-state index >= 15 is 0 Å². The molecule has 3 N–H and O–H groups in total.